The summed E-state index contributed by atoms with van der Waals surface area (Å²) in [4.78, 5) is 0. The molecule has 19 heavy (non-hydrogen) atoms. The van der Waals surface area contributed by atoms with Crippen molar-refractivity contribution in [3.05, 3.63) is 52.8 Å². The second-order valence-corrected chi connectivity index (χ2v) is 5.29. The third kappa shape index (κ3) is 4.08. The second kappa shape index (κ2) is 6.73. The Labute approximate surface area is 119 Å². The van der Waals surface area contributed by atoms with Gasteiger partial charge in [0.2, 0.25) is 0 Å². The molecule has 0 saturated heterocycles. The largest absolute Gasteiger partial charge is 0.316 e. The number of benzene rings is 1. The smallest absolute Gasteiger partial charge is 0.0492 e. The number of hydrogen-bond acceptors (Lipinski definition) is 2. The molecule has 1 N–H and O–H groups in total. The van der Waals surface area contributed by atoms with E-state index < -0.39 is 0 Å². The van der Waals surface area contributed by atoms with Crippen molar-refractivity contribution in [3.8, 4) is 0 Å². The molecule has 4 heteroatoms. The van der Waals surface area contributed by atoms with E-state index >= 15 is 0 Å². The molecule has 1 atom stereocenters. The number of halogens is 1. The first-order chi connectivity index (χ1) is 9.16. The average molecular weight is 278 g/mol. The highest BCUT2D eigenvalue weighted by Gasteiger charge is 2.05. The molecule has 0 saturated carbocycles. The number of nitrogens with one attached hydrogen (secondary N) is 1. The Hall–Kier alpha value is -1.32. The fraction of sp³-hybridized carbons (Fsp3) is 0.400. The van der Waals surface area contributed by atoms with Crippen molar-refractivity contribution in [1.29, 1.82) is 0 Å². The lowest BCUT2D eigenvalue weighted by molar-refractivity contribution is 0.599. The summed E-state index contributed by atoms with van der Waals surface area (Å²) in [5.74, 6) is 0.463. The fourth-order valence-corrected chi connectivity index (χ4v) is 2.31. The van der Waals surface area contributed by atoms with Crippen LogP contribution in [0.5, 0.6) is 0 Å². The maximum atomic E-state index is 6.01. The quantitative estimate of drug-likeness (QED) is 0.823. The van der Waals surface area contributed by atoms with Gasteiger partial charge in [0.15, 0.2) is 0 Å². The highest BCUT2D eigenvalue weighted by Crippen LogP contribution is 2.18. The van der Waals surface area contributed by atoms with Gasteiger partial charge in [-0.05, 0) is 29.7 Å². The van der Waals surface area contributed by atoms with Gasteiger partial charge >= 0.3 is 0 Å². The predicted molar refractivity (Wildman–Crippen MR) is 79.6 cm³/mol. The Morgan fingerprint density at radius 1 is 1.37 bits per heavy atom. The predicted octanol–water partition coefficient (Wildman–Crippen LogP) is 3.01. The Balaban J connectivity index is 1.75. The molecule has 0 spiro atoms. The Morgan fingerprint density at radius 3 is 2.89 bits per heavy atom. The minimum absolute atomic E-state index is 0.463. The monoisotopic (exact) mass is 277 g/mol. The summed E-state index contributed by atoms with van der Waals surface area (Å²) < 4.78 is 1.92. The summed E-state index contributed by atoms with van der Waals surface area (Å²) in [5, 5.41) is 8.45. The molecule has 102 valence electrons. The zero-order chi connectivity index (χ0) is 13.7. The van der Waals surface area contributed by atoms with E-state index in [1.807, 2.05) is 36.1 Å². The highest BCUT2D eigenvalue weighted by molar-refractivity contribution is 6.30. The second-order valence-electron chi connectivity index (χ2n) is 4.86. The molecule has 1 heterocycles. The molecule has 0 bridgehead atoms. The van der Waals surface area contributed by atoms with Gasteiger partial charge in [0.1, 0.15) is 0 Å². The van der Waals surface area contributed by atoms with Crippen LogP contribution in [-0.2, 0) is 13.5 Å². The number of rotatable bonds is 6. The summed E-state index contributed by atoms with van der Waals surface area (Å²) >= 11 is 6.01. The van der Waals surface area contributed by atoms with Gasteiger partial charge in [-0.25, -0.2) is 0 Å². The number of hydrogen-bond donors (Lipinski definition) is 1. The Kier molecular flexibility index (Phi) is 5.00. The lowest BCUT2D eigenvalue weighted by Crippen LogP contribution is -2.23. The molecule has 1 aromatic heterocycles. The molecule has 2 rings (SSSR count). The lowest BCUT2D eigenvalue weighted by Gasteiger charge is -2.13. The normalized spacial score (nSPS) is 12.6. The first-order valence-corrected chi connectivity index (χ1v) is 6.97. The van der Waals surface area contributed by atoms with Crippen LogP contribution >= 0.6 is 11.6 Å². The van der Waals surface area contributed by atoms with Gasteiger partial charge < -0.3 is 5.32 Å². The van der Waals surface area contributed by atoms with Gasteiger partial charge in [-0.1, -0.05) is 30.7 Å². The van der Waals surface area contributed by atoms with Crippen molar-refractivity contribution < 1.29 is 0 Å². The van der Waals surface area contributed by atoms with Crippen molar-refractivity contribution in [2.24, 2.45) is 7.05 Å². The van der Waals surface area contributed by atoms with Gasteiger partial charge in [0.05, 0.1) is 0 Å². The number of aromatic nitrogens is 2. The molecule has 0 radical (unpaired) electrons. The van der Waals surface area contributed by atoms with Crippen molar-refractivity contribution in [1.82, 2.24) is 15.1 Å². The topological polar surface area (TPSA) is 29.9 Å². The van der Waals surface area contributed by atoms with E-state index in [9.17, 15) is 0 Å². The Bertz CT molecular complexity index is 522. The molecule has 0 aliphatic heterocycles. The Morgan fingerprint density at radius 2 is 2.21 bits per heavy atom. The lowest BCUT2D eigenvalue weighted by atomic mass is 10.0. The standard InChI is InChI=1S/C15H20ClN3/c1-12(13-4-3-5-14(16)10-13)11-17-8-6-15-7-9-18-19(15)2/h3-5,7,9-10,12,17H,6,8,11H2,1-2H3/t12-/m0/s1. The zero-order valence-electron chi connectivity index (χ0n) is 11.4. The molecule has 3 nitrogen and oxygen atoms in total. The molecular weight excluding hydrogens is 258 g/mol. The van der Waals surface area contributed by atoms with Crippen LogP contribution in [0, 0.1) is 0 Å². The van der Waals surface area contributed by atoms with Crippen LogP contribution in [0.25, 0.3) is 0 Å². The van der Waals surface area contributed by atoms with E-state index in [-0.39, 0.29) is 0 Å². The van der Waals surface area contributed by atoms with Gasteiger partial charge in [-0.15, -0.1) is 0 Å². The van der Waals surface area contributed by atoms with Gasteiger partial charge in [0, 0.05) is 43.5 Å². The van der Waals surface area contributed by atoms with Crippen LogP contribution < -0.4 is 5.32 Å². The molecule has 0 fully saturated rings. The fourth-order valence-electron chi connectivity index (χ4n) is 2.11. The molecular formula is C15H20ClN3. The molecule has 1 aromatic carbocycles. The van der Waals surface area contributed by atoms with Crippen LogP contribution in [0.4, 0.5) is 0 Å². The average Bonchev–Trinajstić information content (AvgIpc) is 2.80. The van der Waals surface area contributed by atoms with Crippen molar-refractivity contribution in [3.63, 3.8) is 0 Å². The van der Waals surface area contributed by atoms with Crippen LogP contribution in [-0.4, -0.2) is 22.9 Å². The van der Waals surface area contributed by atoms with Crippen molar-refractivity contribution >= 4 is 11.6 Å². The SMILES string of the molecule is C[C@@H](CNCCc1ccnn1C)c1cccc(Cl)c1. The van der Waals surface area contributed by atoms with Crippen LogP contribution in [0.3, 0.4) is 0 Å². The maximum absolute atomic E-state index is 6.01. The third-order valence-electron chi connectivity index (χ3n) is 3.35. The molecule has 0 unspecified atom stereocenters. The van der Waals surface area contributed by atoms with E-state index in [0.717, 1.165) is 24.5 Å². The maximum Gasteiger partial charge on any atom is 0.0492 e. The minimum atomic E-state index is 0.463. The first-order valence-electron chi connectivity index (χ1n) is 6.60. The molecule has 0 aliphatic rings. The minimum Gasteiger partial charge on any atom is -0.316 e. The number of aryl methyl sites for hydroxylation is 1. The van der Waals surface area contributed by atoms with Crippen LogP contribution in [0.15, 0.2) is 36.5 Å². The van der Waals surface area contributed by atoms with Crippen molar-refractivity contribution in [2.45, 2.75) is 19.3 Å². The third-order valence-corrected chi connectivity index (χ3v) is 3.58. The summed E-state index contributed by atoms with van der Waals surface area (Å²) in [7, 11) is 1.98. The van der Waals surface area contributed by atoms with E-state index in [1.165, 1.54) is 11.3 Å². The van der Waals surface area contributed by atoms with E-state index in [0.29, 0.717) is 5.92 Å². The van der Waals surface area contributed by atoms with E-state index in [1.54, 1.807) is 0 Å². The van der Waals surface area contributed by atoms with E-state index in [2.05, 4.69) is 29.5 Å². The van der Waals surface area contributed by atoms with Gasteiger partial charge in [0.25, 0.3) is 0 Å². The van der Waals surface area contributed by atoms with Crippen molar-refractivity contribution in [2.75, 3.05) is 13.1 Å². The van der Waals surface area contributed by atoms with Crippen LogP contribution in [0.1, 0.15) is 24.1 Å². The molecule has 0 aliphatic carbocycles. The van der Waals surface area contributed by atoms with Gasteiger partial charge in [-0.2, -0.15) is 5.10 Å². The summed E-state index contributed by atoms with van der Waals surface area (Å²) in [6, 6.07) is 10.1. The molecule has 0 amide bonds. The van der Waals surface area contributed by atoms with E-state index in [4.69, 9.17) is 11.6 Å². The zero-order valence-corrected chi connectivity index (χ0v) is 12.2. The summed E-state index contributed by atoms with van der Waals surface area (Å²) in [5.41, 5.74) is 2.53. The summed E-state index contributed by atoms with van der Waals surface area (Å²) in [6.07, 6.45) is 2.84. The summed E-state index contributed by atoms with van der Waals surface area (Å²) in [6.45, 7) is 4.13. The van der Waals surface area contributed by atoms with Crippen LogP contribution in [0.2, 0.25) is 5.02 Å². The first kappa shape index (κ1) is 14.1. The molecule has 2 aromatic rings. The van der Waals surface area contributed by atoms with Gasteiger partial charge in [-0.3, -0.25) is 4.68 Å². The highest BCUT2D eigenvalue weighted by atomic mass is 35.5. The number of nitrogens with zero attached hydrogens (tertiary/aromatic N) is 2.